The monoisotopic (exact) mass is 918 g/mol. The molecule has 63 heavy (non-hydrogen) atoms. The Morgan fingerprint density at radius 3 is 1.11 bits per heavy atom. The molecule has 0 aliphatic carbocycles. The largest absolute Gasteiger partial charge is 4.00 e. The van der Waals surface area contributed by atoms with Crippen LogP contribution in [0.25, 0.3) is 0 Å². The minimum atomic E-state index is -0.933. The molecule has 0 atom stereocenters. The van der Waals surface area contributed by atoms with Gasteiger partial charge in [0.05, 0.1) is 21.2 Å². The number of amides is 2. The molecule has 8 aromatic rings. The van der Waals surface area contributed by atoms with E-state index in [0.29, 0.717) is 0 Å². The van der Waals surface area contributed by atoms with Gasteiger partial charge in [-0.05, 0) is 60.6 Å². The zero-order chi connectivity index (χ0) is 44.4. The van der Waals surface area contributed by atoms with Gasteiger partial charge in [-0.2, -0.15) is 36.4 Å². The van der Waals surface area contributed by atoms with E-state index in [-0.39, 0.29) is 67.4 Å². The molecule has 0 spiro atoms. The summed E-state index contributed by atoms with van der Waals surface area (Å²) in [5, 5.41) is 0.524. The van der Waals surface area contributed by atoms with Crippen LogP contribution in [0.15, 0.2) is 182 Å². The van der Waals surface area contributed by atoms with Crippen LogP contribution < -0.4 is 9.80 Å². The number of aryl methyl sites for hydroxylation is 2. The number of anilines is 2. The van der Waals surface area contributed by atoms with Gasteiger partial charge in [0, 0.05) is 36.4 Å². The molecule has 0 radical (unpaired) electrons. The summed E-state index contributed by atoms with van der Waals surface area (Å²) in [5.41, 5.74) is 4.11. The van der Waals surface area contributed by atoms with E-state index in [9.17, 15) is 27.2 Å². The molecule has 0 aliphatic rings. The standard InChI is InChI=1S/2C21H15ClF2NO.2C5H5.Ti/c2*1-14-6-8-15(9-7-14)13-25(20-11-10-16(23)12-19(20)24)21(26)17-4-2-3-5-18(17)22;2*1-2-4-5-3-1;/h2*2-11H,13H2,1H3;2*1-5H;/q4*-1;+4. The Kier molecular flexibility index (Phi) is 19.8. The first kappa shape index (κ1) is 49.6. The van der Waals surface area contributed by atoms with Crippen molar-refractivity contribution in [2.45, 2.75) is 26.9 Å². The molecule has 0 aliphatic heterocycles. The Balaban J connectivity index is 0.000000223. The summed E-state index contributed by atoms with van der Waals surface area (Å²) in [7, 11) is 0. The van der Waals surface area contributed by atoms with Gasteiger partial charge in [-0.1, -0.05) is 107 Å². The average Bonchev–Trinajstić information content (AvgIpc) is 4.06. The molecule has 0 unspecified atom stereocenters. The molecule has 11 heteroatoms. The van der Waals surface area contributed by atoms with Crippen LogP contribution in [0.3, 0.4) is 0 Å². The molecule has 4 nitrogen and oxygen atoms in total. The van der Waals surface area contributed by atoms with E-state index in [1.165, 1.54) is 21.9 Å². The fourth-order valence-corrected chi connectivity index (χ4v) is 6.21. The van der Waals surface area contributed by atoms with E-state index >= 15 is 0 Å². The number of rotatable bonds is 8. The van der Waals surface area contributed by atoms with Crippen LogP contribution in [0.1, 0.15) is 43.0 Å². The minimum absolute atomic E-state index is 0. The van der Waals surface area contributed by atoms with E-state index in [1.54, 1.807) is 48.5 Å². The number of hydrogen-bond acceptors (Lipinski definition) is 2. The third-order valence-electron chi connectivity index (χ3n) is 9.00. The van der Waals surface area contributed by atoms with Gasteiger partial charge in [-0.15, -0.1) is 36.4 Å². The van der Waals surface area contributed by atoms with E-state index in [1.807, 2.05) is 135 Å². The average molecular weight is 920 g/mol. The van der Waals surface area contributed by atoms with E-state index in [0.717, 1.165) is 34.4 Å². The van der Waals surface area contributed by atoms with Gasteiger partial charge < -0.3 is 9.80 Å². The third-order valence-corrected chi connectivity index (χ3v) is 9.66. The van der Waals surface area contributed by atoms with Gasteiger partial charge in [0.2, 0.25) is 11.8 Å². The van der Waals surface area contributed by atoms with Gasteiger partial charge in [0.1, 0.15) is 0 Å². The molecule has 0 N–H and O–H groups in total. The smallest absolute Gasteiger partial charge is 0.355 e. The molecule has 0 aromatic heterocycles. The molecule has 0 saturated carbocycles. The van der Waals surface area contributed by atoms with Crippen molar-refractivity contribution < 1.29 is 48.9 Å². The van der Waals surface area contributed by atoms with Gasteiger partial charge in [-0.3, -0.25) is 9.59 Å². The summed E-state index contributed by atoms with van der Waals surface area (Å²) in [6.45, 7) is 4.12. The maximum Gasteiger partial charge on any atom is 4.00 e. The number of carbonyl (C=O) groups excluding carboxylic acids is 2. The molecule has 316 valence electrons. The Bertz CT molecular complexity index is 2400. The van der Waals surface area contributed by atoms with Crippen molar-refractivity contribution >= 4 is 46.4 Å². The molecule has 8 aromatic carbocycles. The summed E-state index contributed by atoms with van der Waals surface area (Å²) in [5.74, 6) is -4.47. The Morgan fingerprint density at radius 2 is 0.825 bits per heavy atom. The fraction of sp³-hybridized carbons (Fsp3) is 0.0769. The summed E-state index contributed by atoms with van der Waals surface area (Å²) < 4.78 is 55.1. The first-order valence-corrected chi connectivity index (χ1v) is 20.0. The zero-order valence-electron chi connectivity index (χ0n) is 34.2. The number of carbonyl (C=O) groups is 2. The van der Waals surface area contributed by atoms with Crippen LogP contribution in [0.2, 0.25) is 10.0 Å². The van der Waals surface area contributed by atoms with E-state index in [4.69, 9.17) is 23.2 Å². The SMILES string of the molecule is Cc1ccc(CN(C(=O)c2ccccc2Cl)c2ccc(F)[c-]c2F)cc1.Cc1ccc(CN(C(=O)c2ccccc2Cl)c2ccc(F)[c-]c2F)cc1.[Ti+4].c1cc[cH-]c1.c1cc[cH-]c1. The summed E-state index contributed by atoms with van der Waals surface area (Å²) in [6.07, 6.45) is 0. The first-order valence-electron chi connectivity index (χ1n) is 19.2. The van der Waals surface area contributed by atoms with E-state index < -0.39 is 35.1 Å². The first-order chi connectivity index (χ1) is 29.9. The number of hydrogen-bond donors (Lipinski definition) is 0. The predicted molar refractivity (Wildman–Crippen MR) is 241 cm³/mol. The Labute approximate surface area is 390 Å². The van der Waals surface area contributed by atoms with Crippen molar-refractivity contribution in [3.63, 3.8) is 0 Å². The third kappa shape index (κ3) is 15.1. The second-order valence-corrected chi connectivity index (χ2v) is 14.5. The molecule has 0 bridgehead atoms. The molecule has 0 heterocycles. The maximum atomic E-state index is 14.3. The van der Waals surface area contributed by atoms with Gasteiger partial charge in [0.25, 0.3) is 0 Å². The summed E-state index contributed by atoms with van der Waals surface area (Å²) in [6, 6.07) is 56.6. The van der Waals surface area contributed by atoms with Gasteiger partial charge in [-0.25, -0.2) is 41.8 Å². The second kappa shape index (κ2) is 25.2. The van der Waals surface area contributed by atoms with Crippen LogP contribution in [0.5, 0.6) is 0 Å². The van der Waals surface area contributed by atoms with Crippen molar-refractivity contribution in [3.8, 4) is 0 Å². The van der Waals surface area contributed by atoms with Crippen LogP contribution in [-0.4, -0.2) is 11.8 Å². The molecular weight excluding hydrogens is 879 g/mol. The van der Waals surface area contributed by atoms with Crippen molar-refractivity contribution in [3.05, 3.63) is 261 Å². The molecule has 0 fully saturated rings. The fourth-order valence-electron chi connectivity index (χ4n) is 5.78. The zero-order valence-corrected chi connectivity index (χ0v) is 37.3. The van der Waals surface area contributed by atoms with Gasteiger partial charge in [0.15, 0.2) is 0 Å². The normalized spacial score (nSPS) is 10.0. The van der Waals surface area contributed by atoms with Crippen molar-refractivity contribution in [2.24, 2.45) is 0 Å². The number of halogens is 6. The predicted octanol–water partition coefficient (Wildman–Crippen LogP) is 14.0. The van der Waals surface area contributed by atoms with Gasteiger partial charge >= 0.3 is 21.7 Å². The van der Waals surface area contributed by atoms with Crippen LogP contribution >= 0.6 is 23.2 Å². The molecule has 0 saturated heterocycles. The summed E-state index contributed by atoms with van der Waals surface area (Å²) in [4.78, 5) is 28.6. The minimum Gasteiger partial charge on any atom is -0.355 e. The van der Waals surface area contributed by atoms with E-state index in [2.05, 4.69) is 0 Å². The Hall–Kier alpha value is -6.03. The second-order valence-electron chi connectivity index (χ2n) is 13.6. The quantitative estimate of drug-likeness (QED) is 0.0866. The molecule has 8 rings (SSSR count). The molecular formula is C52H40Cl2F4N2O2Ti. The maximum absolute atomic E-state index is 14.3. The van der Waals surface area contributed by atoms with Crippen molar-refractivity contribution in [2.75, 3.05) is 9.80 Å². The Morgan fingerprint density at radius 1 is 0.492 bits per heavy atom. The number of nitrogens with zero attached hydrogens (tertiary/aromatic N) is 2. The van der Waals surface area contributed by atoms with Crippen molar-refractivity contribution in [1.82, 2.24) is 0 Å². The molecule has 2 amide bonds. The number of benzene rings is 6. The van der Waals surface area contributed by atoms with Crippen molar-refractivity contribution in [1.29, 1.82) is 0 Å². The summed E-state index contributed by atoms with van der Waals surface area (Å²) >= 11 is 12.3. The van der Waals surface area contributed by atoms with Crippen LogP contribution in [0, 0.1) is 49.2 Å². The van der Waals surface area contributed by atoms with Crippen LogP contribution in [0.4, 0.5) is 28.9 Å². The van der Waals surface area contributed by atoms with Crippen LogP contribution in [-0.2, 0) is 34.8 Å². The topological polar surface area (TPSA) is 40.6 Å².